The third-order valence-corrected chi connectivity index (χ3v) is 4.76. The van der Waals surface area contributed by atoms with Crippen molar-refractivity contribution in [3.63, 3.8) is 0 Å². The summed E-state index contributed by atoms with van der Waals surface area (Å²) < 4.78 is 6.59. The van der Waals surface area contributed by atoms with Crippen LogP contribution in [0.3, 0.4) is 0 Å². The zero-order chi connectivity index (χ0) is 18.5. The number of piperidine rings is 1. The fourth-order valence-corrected chi connectivity index (χ4v) is 3.22. The molecule has 1 aliphatic heterocycles. The number of likely N-dealkylation sites (tertiary alicyclic amines) is 1. The molecule has 0 radical (unpaired) electrons. The predicted molar refractivity (Wildman–Crippen MR) is 97.6 cm³/mol. The summed E-state index contributed by atoms with van der Waals surface area (Å²) in [7, 11) is 3.27. The van der Waals surface area contributed by atoms with Crippen molar-refractivity contribution in [2.45, 2.75) is 19.4 Å². The summed E-state index contributed by atoms with van der Waals surface area (Å²) in [4.78, 5) is 30.5. The van der Waals surface area contributed by atoms with Crippen LogP contribution in [0.4, 0.5) is 5.95 Å². The van der Waals surface area contributed by atoms with E-state index in [0.29, 0.717) is 11.5 Å². The van der Waals surface area contributed by atoms with Gasteiger partial charge >= 0.3 is 5.97 Å². The minimum Gasteiger partial charge on any atom is -0.469 e. The standard InChI is InChI=1S/C19H24N4O3/c1-22-11-8-20-19(22)21-17(24)16-5-3-4-14(12-16)13-23-9-6-15(7-10-23)18(25)26-2/h3-5,8,11-12,15H,6-7,9-10,13H2,1-2H3,(H,20,21,24). The summed E-state index contributed by atoms with van der Waals surface area (Å²) >= 11 is 0. The minimum absolute atomic E-state index is 0.00569. The van der Waals surface area contributed by atoms with E-state index < -0.39 is 0 Å². The van der Waals surface area contributed by atoms with Crippen LogP contribution in [0.1, 0.15) is 28.8 Å². The maximum Gasteiger partial charge on any atom is 0.308 e. The first-order valence-corrected chi connectivity index (χ1v) is 8.74. The van der Waals surface area contributed by atoms with E-state index in [1.165, 1.54) is 7.11 Å². The number of nitrogens with one attached hydrogen (secondary N) is 1. The van der Waals surface area contributed by atoms with Crippen LogP contribution in [0.2, 0.25) is 0 Å². The second-order valence-electron chi connectivity index (χ2n) is 6.59. The van der Waals surface area contributed by atoms with Crippen LogP contribution >= 0.6 is 0 Å². The van der Waals surface area contributed by atoms with Crippen LogP contribution in [0, 0.1) is 5.92 Å². The van der Waals surface area contributed by atoms with Gasteiger partial charge in [-0.3, -0.25) is 19.8 Å². The highest BCUT2D eigenvalue weighted by Gasteiger charge is 2.25. The molecule has 1 amide bonds. The maximum absolute atomic E-state index is 12.4. The summed E-state index contributed by atoms with van der Waals surface area (Å²) in [5.41, 5.74) is 1.68. The number of hydrogen-bond donors (Lipinski definition) is 1. The Kier molecular flexibility index (Phi) is 5.68. The Morgan fingerprint density at radius 2 is 2.08 bits per heavy atom. The fraction of sp³-hybridized carbons (Fsp3) is 0.421. The SMILES string of the molecule is COC(=O)C1CCN(Cc2cccc(C(=O)Nc3nccn3C)c2)CC1. The summed E-state index contributed by atoms with van der Waals surface area (Å²) in [5.74, 6) is 0.236. The van der Waals surface area contributed by atoms with E-state index >= 15 is 0 Å². The highest BCUT2D eigenvalue weighted by molar-refractivity contribution is 6.03. The first-order valence-electron chi connectivity index (χ1n) is 8.74. The summed E-state index contributed by atoms with van der Waals surface area (Å²) in [6.07, 6.45) is 5.05. The Labute approximate surface area is 153 Å². The molecule has 0 aliphatic carbocycles. The van der Waals surface area contributed by atoms with E-state index in [0.717, 1.165) is 38.0 Å². The Bertz CT molecular complexity index is 779. The molecule has 0 atom stereocenters. The van der Waals surface area contributed by atoms with Gasteiger partial charge in [0.2, 0.25) is 5.95 Å². The Hall–Kier alpha value is -2.67. The Balaban J connectivity index is 1.59. The van der Waals surface area contributed by atoms with Crippen molar-refractivity contribution >= 4 is 17.8 Å². The monoisotopic (exact) mass is 356 g/mol. The third kappa shape index (κ3) is 4.29. The van der Waals surface area contributed by atoms with Gasteiger partial charge in [-0.05, 0) is 43.6 Å². The lowest BCUT2D eigenvalue weighted by Crippen LogP contribution is -2.36. The van der Waals surface area contributed by atoms with Crippen molar-refractivity contribution in [3.8, 4) is 0 Å². The van der Waals surface area contributed by atoms with Crippen molar-refractivity contribution < 1.29 is 14.3 Å². The van der Waals surface area contributed by atoms with E-state index in [9.17, 15) is 9.59 Å². The maximum atomic E-state index is 12.4. The molecule has 1 fully saturated rings. The highest BCUT2D eigenvalue weighted by atomic mass is 16.5. The number of rotatable bonds is 5. The molecule has 0 bridgehead atoms. The van der Waals surface area contributed by atoms with Crippen molar-refractivity contribution in [2.24, 2.45) is 13.0 Å². The normalized spacial score (nSPS) is 15.6. The number of aryl methyl sites for hydroxylation is 1. The molecule has 1 aliphatic rings. The van der Waals surface area contributed by atoms with Crippen molar-refractivity contribution in [1.29, 1.82) is 0 Å². The second kappa shape index (κ2) is 8.14. The van der Waals surface area contributed by atoms with Gasteiger partial charge in [-0.15, -0.1) is 0 Å². The molecule has 7 heteroatoms. The number of carbonyl (C=O) groups excluding carboxylic acids is 2. The molecular formula is C19H24N4O3. The van der Waals surface area contributed by atoms with E-state index in [1.54, 1.807) is 23.0 Å². The van der Waals surface area contributed by atoms with Gasteiger partial charge in [0.15, 0.2) is 0 Å². The zero-order valence-corrected chi connectivity index (χ0v) is 15.1. The van der Waals surface area contributed by atoms with Gasteiger partial charge in [-0.25, -0.2) is 4.98 Å². The minimum atomic E-state index is -0.175. The first-order chi connectivity index (χ1) is 12.6. The number of aromatic nitrogens is 2. The molecule has 0 spiro atoms. The molecule has 0 saturated carbocycles. The molecule has 1 aromatic carbocycles. The average molecular weight is 356 g/mol. The van der Waals surface area contributed by atoms with Gasteiger partial charge in [-0.1, -0.05) is 12.1 Å². The van der Waals surface area contributed by atoms with Gasteiger partial charge in [0, 0.05) is 31.5 Å². The number of hydrogen-bond acceptors (Lipinski definition) is 5. The molecule has 2 heterocycles. The van der Waals surface area contributed by atoms with Gasteiger partial charge in [0.25, 0.3) is 5.91 Å². The Morgan fingerprint density at radius 3 is 2.73 bits per heavy atom. The van der Waals surface area contributed by atoms with E-state index in [4.69, 9.17) is 4.74 Å². The predicted octanol–water partition coefficient (Wildman–Crippen LogP) is 2.06. The first kappa shape index (κ1) is 18.1. The van der Waals surface area contributed by atoms with E-state index in [1.807, 2.05) is 25.2 Å². The highest BCUT2D eigenvalue weighted by Crippen LogP contribution is 2.20. The summed E-state index contributed by atoms with van der Waals surface area (Å²) in [5, 5.41) is 2.81. The number of ether oxygens (including phenoxy) is 1. The number of benzene rings is 1. The second-order valence-corrected chi connectivity index (χ2v) is 6.59. The molecule has 7 nitrogen and oxygen atoms in total. The van der Waals surface area contributed by atoms with E-state index in [-0.39, 0.29) is 17.8 Å². The average Bonchev–Trinajstić information content (AvgIpc) is 3.06. The molecule has 3 rings (SSSR count). The van der Waals surface area contributed by atoms with Crippen molar-refractivity contribution in [1.82, 2.24) is 14.5 Å². The van der Waals surface area contributed by atoms with Crippen LogP contribution in [-0.2, 0) is 23.1 Å². The zero-order valence-electron chi connectivity index (χ0n) is 15.1. The number of imidazole rings is 1. The van der Waals surface area contributed by atoms with Gasteiger partial charge in [0.05, 0.1) is 13.0 Å². The summed E-state index contributed by atoms with van der Waals surface area (Å²) in [6.45, 7) is 2.46. The van der Waals surface area contributed by atoms with Gasteiger partial charge < -0.3 is 9.30 Å². The molecule has 26 heavy (non-hydrogen) atoms. The van der Waals surface area contributed by atoms with Gasteiger partial charge in [-0.2, -0.15) is 0 Å². The topological polar surface area (TPSA) is 76.5 Å². The number of anilines is 1. The van der Waals surface area contributed by atoms with Crippen LogP contribution in [0.15, 0.2) is 36.7 Å². The number of nitrogens with zero attached hydrogens (tertiary/aromatic N) is 3. The van der Waals surface area contributed by atoms with Gasteiger partial charge in [0.1, 0.15) is 0 Å². The van der Waals surface area contributed by atoms with Crippen LogP contribution < -0.4 is 5.32 Å². The largest absolute Gasteiger partial charge is 0.469 e. The van der Waals surface area contributed by atoms with Crippen LogP contribution in [0.25, 0.3) is 0 Å². The number of carbonyl (C=O) groups is 2. The number of esters is 1. The number of methoxy groups -OCH3 is 1. The third-order valence-electron chi connectivity index (χ3n) is 4.76. The Morgan fingerprint density at radius 1 is 1.31 bits per heavy atom. The van der Waals surface area contributed by atoms with E-state index in [2.05, 4.69) is 15.2 Å². The lowest BCUT2D eigenvalue weighted by atomic mass is 9.96. The molecule has 1 aromatic heterocycles. The molecule has 138 valence electrons. The lowest BCUT2D eigenvalue weighted by molar-refractivity contribution is -0.147. The molecule has 1 saturated heterocycles. The number of amides is 1. The fourth-order valence-electron chi connectivity index (χ4n) is 3.22. The quantitative estimate of drug-likeness (QED) is 0.830. The van der Waals surface area contributed by atoms with Crippen LogP contribution in [0.5, 0.6) is 0 Å². The van der Waals surface area contributed by atoms with Crippen molar-refractivity contribution in [3.05, 3.63) is 47.8 Å². The smallest absolute Gasteiger partial charge is 0.308 e. The summed E-state index contributed by atoms with van der Waals surface area (Å²) in [6, 6.07) is 7.61. The molecular weight excluding hydrogens is 332 g/mol. The molecule has 1 N–H and O–H groups in total. The molecule has 2 aromatic rings. The van der Waals surface area contributed by atoms with Crippen molar-refractivity contribution in [2.75, 3.05) is 25.5 Å². The lowest BCUT2D eigenvalue weighted by Gasteiger charge is -2.30. The van der Waals surface area contributed by atoms with Crippen LogP contribution in [-0.4, -0.2) is 46.5 Å². The molecule has 0 unspecified atom stereocenters.